The summed E-state index contributed by atoms with van der Waals surface area (Å²) in [6.45, 7) is 1.03. The van der Waals surface area contributed by atoms with E-state index in [4.69, 9.17) is 4.42 Å². The van der Waals surface area contributed by atoms with Gasteiger partial charge in [-0.2, -0.15) is 0 Å². The minimum Gasteiger partial charge on any atom is -0.443 e. The van der Waals surface area contributed by atoms with Crippen molar-refractivity contribution >= 4 is 28.8 Å². The first-order chi connectivity index (χ1) is 12.7. The third-order valence-electron chi connectivity index (χ3n) is 4.23. The number of thiophene rings is 1. The lowest BCUT2D eigenvalue weighted by Gasteiger charge is -2.15. The Kier molecular flexibility index (Phi) is 4.53. The molecule has 4 rings (SSSR count). The predicted octanol–water partition coefficient (Wildman–Crippen LogP) is 3.46. The molecule has 0 spiro atoms. The number of nitrogens with zero attached hydrogens (tertiary/aromatic N) is 2. The number of aromatic nitrogens is 1. The zero-order valence-electron chi connectivity index (χ0n) is 14.0. The second kappa shape index (κ2) is 7.13. The molecule has 7 heteroatoms. The lowest BCUT2D eigenvalue weighted by Crippen LogP contribution is -2.25. The lowest BCUT2D eigenvalue weighted by atomic mass is 10.2. The largest absolute Gasteiger partial charge is 0.443 e. The van der Waals surface area contributed by atoms with E-state index in [1.165, 1.54) is 0 Å². The summed E-state index contributed by atoms with van der Waals surface area (Å²) in [4.78, 5) is 31.2. The van der Waals surface area contributed by atoms with Crippen LogP contribution in [0.4, 0.5) is 5.69 Å². The fourth-order valence-electron chi connectivity index (χ4n) is 2.89. The van der Waals surface area contributed by atoms with Crippen LogP contribution >= 0.6 is 11.3 Å². The van der Waals surface area contributed by atoms with Crippen molar-refractivity contribution < 1.29 is 14.0 Å². The molecule has 0 saturated carbocycles. The summed E-state index contributed by atoms with van der Waals surface area (Å²) in [5, 5.41) is 4.79. The molecule has 1 aliphatic rings. The lowest BCUT2D eigenvalue weighted by molar-refractivity contribution is -0.117. The summed E-state index contributed by atoms with van der Waals surface area (Å²) in [7, 11) is 0. The number of nitrogens with one attached hydrogen (secondary N) is 1. The highest BCUT2D eigenvalue weighted by molar-refractivity contribution is 7.13. The van der Waals surface area contributed by atoms with Gasteiger partial charge in [-0.25, -0.2) is 4.98 Å². The molecule has 3 heterocycles. The Hall–Kier alpha value is -2.93. The van der Waals surface area contributed by atoms with Gasteiger partial charge in [-0.15, -0.1) is 11.3 Å². The normalized spacial score (nSPS) is 14.0. The average Bonchev–Trinajstić information content (AvgIpc) is 3.41. The van der Waals surface area contributed by atoms with Crippen LogP contribution in [0.3, 0.4) is 0 Å². The molecule has 0 unspecified atom stereocenters. The summed E-state index contributed by atoms with van der Waals surface area (Å²) in [6.07, 6.45) is 3.02. The number of oxazole rings is 1. The van der Waals surface area contributed by atoms with E-state index in [9.17, 15) is 9.59 Å². The summed E-state index contributed by atoms with van der Waals surface area (Å²) < 4.78 is 5.44. The van der Waals surface area contributed by atoms with Crippen molar-refractivity contribution in [1.29, 1.82) is 0 Å². The maximum atomic E-state index is 12.3. The monoisotopic (exact) mass is 367 g/mol. The van der Waals surface area contributed by atoms with Crippen LogP contribution in [0, 0.1) is 0 Å². The zero-order chi connectivity index (χ0) is 17.9. The molecule has 1 aromatic carbocycles. The van der Waals surface area contributed by atoms with Crippen LogP contribution in [-0.2, 0) is 11.3 Å². The quantitative estimate of drug-likeness (QED) is 0.749. The number of anilines is 1. The minimum atomic E-state index is -0.190. The summed E-state index contributed by atoms with van der Waals surface area (Å²) >= 11 is 1.55. The Morgan fingerprint density at radius 2 is 2.12 bits per heavy atom. The van der Waals surface area contributed by atoms with Crippen molar-refractivity contribution in [2.75, 3.05) is 11.4 Å². The van der Waals surface area contributed by atoms with Gasteiger partial charge in [0.1, 0.15) is 6.26 Å². The molecule has 3 aromatic rings. The van der Waals surface area contributed by atoms with Gasteiger partial charge in [0.15, 0.2) is 0 Å². The Morgan fingerprint density at radius 3 is 2.81 bits per heavy atom. The van der Waals surface area contributed by atoms with Gasteiger partial charge >= 0.3 is 0 Å². The maximum Gasteiger partial charge on any atom is 0.251 e. The maximum absolute atomic E-state index is 12.3. The van der Waals surface area contributed by atoms with E-state index in [-0.39, 0.29) is 11.8 Å². The van der Waals surface area contributed by atoms with E-state index in [1.54, 1.807) is 34.6 Å². The number of hydrogen-bond donors (Lipinski definition) is 1. The Balaban J connectivity index is 1.37. The molecule has 1 saturated heterocycles. The first kappa shape index (κ1) is 16.5. The molecule has 26 heavy (non-hydrogen) atoms. The van der Waals surface area contributed by atoms with Gasteiger partial charge in [0.2, 0.25) is 11.8 Å². The highest BCUT2D eigenvalue weighted by Crippen LogP contribution is 2.24. The van der Waals surface area contributed by atoms with E-state index in [0.717, 1.165) is 23.5 Å². The number of benzene rings is 1. The average molecular weight is 367 g/mol. The Bertz CT molecular complexity index is 916. The van der Waals surface area contributed by atoms with Crippen LogP contribution in [0.25, 0.3) is 10.8 Å². The van der Waals surface area contributed by atoms with Crippen molar-refractivity contribution in [3.8, 4) is 10.8 Å². The molecule has 132 valence electrons. The van der Waals surface area contributed by atoms with E-state index in [1.807, 2.05) is 29.6 Å². The third-order valence-corrected chi connectivity index (χ3v) is 5.09. The van der Waals surface area contributed by atoms with Crippen LogP contribution in [0.15, 0.2) is 52.5 Å². The van der Waals surface area contributed by atoms with E-state index >= 15 is 0 Å². The van der Waals surface area contributed by atoms with E-state index < -0.39 is 0 Å². The molecule has 0 bridgehead atoms. The topological polar surface area (TPSA) is 75.4 Å². The molecule has 2 amide bonds. The fourth-order valence-corrected chi connectivity index (χ4v) is 3.54. The Labute approximate surface area is 154 Å². The van der Waals surface area contributed by atoms with Crippen LogP contribution in [-0.4, -0.2) is 23.3 Å². The molecule has 1 N–H and O–H groups in total. The van der Waals surface area contributed by atoms with Gasteiger partial charge in [0.05, 0.1) is 17.1 Å². The van der Waals surface area contributed by atoms with Crippen LogP contribution in [0.5, 0.6) is 0 Å². The third kappa shape index (κ3) is 3.39. The smallest absolute Gasteiger partial charge is 0.251 e. The van der Waals surface area contributed by atoms with Crippen LogP contribution in [0.2, 0.25) is 0 Å². The predicted molar refractivity (Wildman–Crippen MR) is 99.0 cm³/mol. The first-order valence-electron chi connectivity index (χ1n) is 8.37. The number of amides is 2. The highest BCUT2D eigenvalue weighted by atomic mass is 32.1. The number of carbonyl (C=O) groups excluding carboxylic acids is 2. The van der Waals surface area contributed by atoms with E-state index in [0.29, 0.717) is 30.1 Å². The molecule has 6 nitrogen and oxygen atoms in total. The molecule has 2 aromatic heterocycles. The molecule has 0 radical (unpaired) electrons. The van der Waals surface area contributed by atoms with Gasteiger partial charge in [0, 0.05) is 24.2 Å². The number of hydrogen-bond acceptors (Lipinski definition) is 5. The van der Waals surface area contributed by atoms with Gasteiger partial charge in [-0.1, -0.05) is 6.07 Å². The van der Waals surface area contributed by atoms with Gasteiger partial charge < -0.3 is 14.6 Å². The molecule has 1 fully saturated rings. The summed E-state index contributed by atoms with van der Waals surface area (Å²) in [5.74, 6) is 0.503. The highest BCUT2D eigenvalue weighted by Gasteiger charge is 2.21. The zero-order valence-corrected chi connectivity index (χ0v) is 14.8. The number of rotatable bonds is 5. The molecule has 0 atom stereocenters. The number of carbonyl (C=O) groups is 2. The first-order valence-corrected chi connectivity index (χ1v) is 9.25. The SMILES string of the molecule is O=C(NCc1coc(-c2cccs2)n1)c1ccc(N2CCCC2=O)cc1. The van der Waals surface area contributed by atoms with Gasteiger partial charge in [0.25, 0.3) is 5.91 Å². The minimum absolute atomic E-state index is 0.134. The van der Waals surface area contributed by atoms with Crippen molar-refractivity contribution in [2.45, 2.75) is 19.4 Å². The molecule has 0 aliphatic carbocycles. The molecular weight excluding hydrogens is 350 g/mol. The van der Waals surface area contributed by atoms with Crippen molar-refractivity contribution in [2.24, 2.45) is 0 Å². The van der Waals surface area contributed by atoms with Gasteiger partial charge in [-0.3, -0.25) is 9.59 Å². The fraction of sp³-hybridized carbons (Fsp3) is 0.211. The standard InChI is InChI=1S/C19H17N3O3S/c23-17-4-1-9-22(17)15-7-5-13(6-8-15)18(24)20-11-14-12-25-19(21-14)16-3-2-10-26-16/h2-3,5-8,10,12H,1,4,9,11H2,(H,20,24). The van der Waals surface area contributed by atoms with Crippen molar-refractivity contribution in [3.05, 3.63) is 59.3 Å². The summed E-state index contributed by atoms with van der Waals surface area (Å²) in [6, 6.07) is 11.0. The van der Waals surface area contributed by atoms with Crippen LogP contribution in [0.1, 0.15) is 28.9 Å². The Morgan fingerprint density at radius 1 is 1.27 bits per heavy atom. The van der Waals surface area contributed by atoms with Crippen molar-refractivity contribution in [3.63, 3.8) is 0 Å². The van der Waals surface area contributed by atoms with E-state index in [2.05, 4.69) is 10.3 Å². The second-order valence-electron chi connectivity index (χ2n) is 6.00. The van der Waals surface area contributed by atoms with Crippen LogP contribution < -0.4 is 10.2 Å². The molecular formula is C19H17N3O3S. The van der Waals surface area contributed by atoms with Gasteiger partial charge in [-0.05, 0) is 42.1 Å². The second-order valence-corrected chi connectivity index (χ2v) is 6.95. The van der Waals surface area contributed by atoms with Crippen molar-refractivity contribution in [1.82, 2.24) is 10.3 Å². The molecule has 1 aliphatic heterocycles. The summed E-state index contributed by atoms with van der Waals surface area (Å²) in [5.41, 5.74) is 2.05.